The molecule has 2 aromatic rings. The normalized spacial score (nSPS) is 10.0. The van der Waals surface area contributed by atoms with Gasteiger partial charge in [-0.05, 0) is 5.21 Å². The maximum Gasteiger partial charge on any atom is 0.246 e. The second-order valence-electron chi connectivity index (χ2n) is 2.75. The highest BCUT2D eigenvalue weighted by Crippen LogP contribution is 2.23. The minimum absolute atomic E-state index is 0.668. The van der Waals surface area contributed by atoms with Crippen LogP contribution in [-0.4, -0.2) is 34.4 Å². The van der Waals surface area contributed by atoms with Crippen LogP contribution >= 0.6 is 0 Å². The van der Waals surface area contributed by atoms with Gasteiger partial charge in [-0.2, -0.15) is 0 Å². The summed E-state index contributed by atoms with van der Waals surface area (Å²) in [4.78, 5) is 1.34. The van der Waals surface area contributed by atoms with Gasteiger partial charge in [-0.25, -0.2) is 0 Å². The molecule has 77 valence electrons. The Morgan fingerprint density at radius 1 is 1.13 bits per heavy atom. The molecule has 0 bridgehead atoms. The largest absolute Gasteiger partial charge is 0.497 e. The highest BCUT2D eigenvalue weighted by atomic mass is 16.5. The van der Waals surface area contributed by atoms with Crippen LogP contribution in [0.3, 0.4) is 0 Å². The molecular formula is C9H9N4O2. The Hall–Kier alpha value is -2.11. The molecule has 0 fully saturated rings. The molecule has 0 unspecified atom stereocenters. The van der Waals surface area contributed by atoms with Gasteiger partial charge in [0.1, 0.15) is 11.5 Å². The van der Waals surface area contributed by atoms with Crippen molar-refractivity contribution in [2.45, 2.75) is 0 Å². The lowest BCUT2D eigenvalue weighted by molar-refractivity contribution is 0.393. The molecule has 6 nitrogen and oxygen atoms in total. The van der Waals surface area contributed by atoms with Crippen LogP contribution in [-0.2, 0) is 0 Å². The molecule has 1 radical (unpaired) electrons. The first-order valence-electron chi connectivity index (χ1n) is 4.23. The van der Waals surface area contributed by atoms with Crippen molar-refractivity contribution in [1.29, 1.82) is 0 Å². The molecule has 0 aliphatic heterocycles. The zero-order valence-corrected chi connectivity index (χ0v) is 8.34. The van der Waals surface area contributed by atoms with Gasteiger partial charge in [0, 0.05) is 18.2 Å². The predicted molar refractivity (Wildman–Crippen MR) is 51.1 cm³/mol. The molecule has 1 aromatic heterocycles. The molecule has 0 aliphatic rings. The fourth-order valence-corrected chi connectivity index (χ4v) is 1.16. The molecule has 0 N–H and O–H groups in total. The van der Waals surface area contributed by atoms with Crippen LogP contribution in [0, 0.1) is 6.33 Å². The van der Waals surface area contributed by atoms with Crippen molar-refractivity contribution in [3.05, 3.63) is 24.5 Å². The van der Waals surface area contributed by atoms with E-state index in [2.05, 4.69) is 21.7 Å². The fourth-order valence-electron chi connectivity index (χ4n) is 1.16. The van der Waals surface area contributed by atoms with Gasteiger partial charge in [0.15, 0.2) is 0 Å². The standard InChI is InChI=1S/C9H9N4O2/c1-14-8-3-7(4-9(5-8)15-2)13-11-6-10-12-13/h3-5H,1-2H3. The molecule has 1 aromatic carbocycles. The summed E-state index contributed by atoms with van der Waals surface area (Å²) < 4.78 is 10.2. The summed E-state index contributed by atoms with van der Waals surface area (Å²) in [5, 5.41) is 11.0. The highest BCUT2D eigenvalue weighted by molar-refractivity contribution is 5.45. The molecule has 0 saturated carbocycles. The fraction of sp³-hybridized carbons (Fsp3) is 0.222. The van der Waals surface area contributed by atoms with Crippen LogP contribution in [0.15, 0.2) is 18.2 Å². The van der Waals surface area contributed by atoms with E-state index in [4.69, 9.17) is 9.47 Å². The molecule has 6 heteroatoms. The third kappa shape index (κ3) is 1.88. The number of methoxy groups -OCH3 is 2. The first-order valence-corrected chi connectivity index (χ1v) is 4.23. The predicted octanol–water partition coefficient (Wildman–Crippen LogP) is 0.480. The summed E-state index contributed by atoms with van der Waals surface area (Å²) in [6, 6.07) is 5.32. The molecule has 0 saturated heterocycles. The van der Waals surface area contributed by atoms with Crippen molar-refractivity contribution >= 4 is 0 Å². The van der Waals surface area contributed by atoms with Gasteiger partial charge < -0.3 is 9.47 Å². The van der Waals surface area contributed by atoms with Crippen LogP contribution in [0.25, 0.3) is 5.69 Å². The second-order valence-corrected chi connectivity index (χ2v) is 2.75. The van der Waals surface area contributed by atoms with E-state index in [1.54, 1.807) is 32.4 Å². The molecule has 0 spiro atoms. The molecule has 0 aliphatic carbocycles. The van der Waals surface area contributed by atoms with Gasteiger partial charge in [0.2, 0.25) is 6.33 Å². The van der Waals surface area contributed by atoms with Crippen LogP contribution in [0.4, 0.5) is 0 Å². The van der Waals surface area contributed by atoms with Crippen LogP contribution < -0.4 is 9.47 Å². The highest BCUT2D eigenvalue weighted by Gasteiger charge is 2.04. The van der Waals surface area contributed by atoms with Crippen LogP contribution in [0.5, 0.6) is 11.5 Å². The number of hydrogen-bond acceptors (Lipinski definition) is 5. The van der Waals surface area contributed by atoms with Gasteiger partial charge in [0.25, 0.3) is 0 Å². The van der Waals surface area contributed by atoms with E-state index in [1.165, 1.54) is 4.80 Å². The number of rotatable bonds is 3. The van der Waals surface area contributed by atoms with Gasteiger partial charge in [-0.3, -0.25) is 0 Å². The molecule has 1 heterocycles. The van der Waals surface area contributed by atoms with Crippen molar-refractivity contribution in [1.82, 2.24) is 20.2 Å². The molecule has 0 atom stereocenters. The number of tetrazole rings is 1. The Morgan fingerprint density at radius 2 is 1.80 bits per heavy atom. The van der Waals surface area contributed by atoms with Gasteiger partial charge >= 0.3 is 0 Å². The first kappa shape index (κ1) is 9.45. The van der Waals surface area contributed by atoms with Crippen molar-refractivity contribution < 1.29 is 9.47 Å². The Morgan fingerprint density at radius 3 is 2.27 bits per heavy atom. The quantitative estimate of drug-likeness (QED) is 0.729. The van der Waals surface area contributed by atoms with E-state index in [9.17, 15) is 0 Å². The third-order valence-corrected chi connectivity index (χ3v) is 1.88. The zero-order valence-electron chi connectivity index (χ0n) is 8.34. The topological polar surface area (TPSA) is 62.1 Å². The maximum absolute atomic E-state index is 5.12. The number of hydrogen-bond donors (Lipinski definition) is 0. The number of ether oxygens (including phenoxy) is 2. The summed E-state index contributed by atoms with van der Waals surface area (Å²) in [6.45, 7) is 0. The lowest BCUT2D eigenvalue weighted by atomic mass is 10.3. The van der Waals surface area contributed by atoms with Gasteiger partial charge in [-0.1, -0.05) is 0 Å². The average molecular weight is 205 g/mol. The summed E-state index contributed by atoms with van der Waals surface area (Å²) in [5.41, 5.74) is 0.708. The Kier molecular flexibility index (Phi) is 2.49. The first-order chi connectivity index (χ1) is 7.33. The number of benzene rings is 1. The summed E-state index contributed by atoms with van der Waals surface area (Å²) in [7, 11) is 3.17. The van der Waals surface area contributed by atoms with E-state index in [0.717, 1.165) is 0 Å². The van der Waals surface area contributed by atoms with Crippen molar-refractivity contribution in [3.8, 4) is 17.2 Å². The van der Waals surface area contributed by atoms with E-state index in [0.29, 0.717) is 17.2 Å². The Balaban J connectivity index is 2.47. The average Bonchev–Trinajstić information content (AvgIpc) is 2.81. The number of nitrogens with zero attached hydrogens (tertiary/aromatic N) is 4. The van der Waals surface area contributed by atoms with Crippen LogP contribution in [0.2, 0.25) is 0 Å². The minimum atomic E-state index is 0.668. The maximum atomic E-state index is 5.12. The van der Waals surface area contributed by atoms with E-state index < -0.39 is 0 Å². The van der Waals surface area contributed by atoms with Crippen molar-refractivity contribution in [2.24, 2.45) is 0 Å². The summed E-state index contributed by atoms with van der Waals surface area (Å²) in [5.74, 6) is 1.34. The number of aromatic nitrogens is 4. The minimum Gasteiger partial charge on any atom is -0.497 e. The van der Waals surface area contributed by atoms with Crippen molar-refractivity contribution in [2.75, 3.05) is 14.2 Å². The Bertz CT molecular complexity index is 419. The SMILES string of the molecule is COc1cc(OC)cc(-n2n[c]nn2)c1. The van der Waals surface area contributed by atoms with E-state index in [1.807, 2.05) is 0 Å². The van der Waals surface area contributed by atoms with Gasteiger partial charge in [-0.15, -0.1) is 15.0 Å². The molecule has 15 heavy (non-hydrogen) atoms. The van der Waals surface area contributed by atoms with Gasteiger partial charge in [0.05, 0.1) is 19.9 Å². The second kappa shape index (κ2) is 3.95. The third-order valence-electron chi connectivity index (χ3n) is 1.88. The lowest BCUT2D eigenvalue weighted by Crippen LogP contribution is -2.00. The molecular weight excluding hydrogens is 196 g/mol. The molecule has 2 rings (SSSR count). The van der Waals surface area contributed by atoms with Crippen molar-refractivity contribution in [3.63, 3.8) is 0 Å². The Labute approximate surface area is 86.4 Å². The summed E-state index contributed by atoms with van der Waals surface area (Å²) in [6.07, 6.45) is 2.37. The monoisotopic (exact) mass is 205 g/mol. The van der Waals surface area contributed by atoms with E-state index >= 15 is 0 Å². The van der Waals surface area contributed by atoms with Crippen LogP contribution in [0.1, 0.15) is 0 Å². The summed E-state index contributed by atoms with van der Waals surface area (Å²) >= 11 is 0. The van der Waals surface area contributed by atoms with E-state index in [-0.39, 0.29) is 0 Å². The molecule has 0 amide bonds. The zero-order chi connectivity index (χ0) is 10.7. The lowest BCUT2D eigenvalue weighted by Gasteiger charge is -2.06. The smallest absolute Gasteiger partial charge is 0.246 e.